The Morgan fingerprint density at radius 3 is 2.46 bits per heavy atom. The standard InChI is InChI=1S/C16H23N5O2S/c1-13(19-24(2,22)23)15-17-18-16(20-10-6-7-11-20)21(15)12-14-8-4-3-5-9-14/h3-5,8-9,13,19H,6-7,10-12H2,1-2H3/t13-/m0/s1. The number of nitrogens with zero attached hydrogens (tertiary/aromatic N) is 4. The third kappa shape index (κ3) is 3.93. The lowest BCUT2D eigenvalue weighted by atomic mass is 10.2. The third-order valence-electron chi connectivity index (χ3n) is 4.11. The van der Waals surface area contributed by atoms with Gasteiger partial charge >= 0.3 is 0 Å². The van der Waals surface area contributed by atoms with Crippen LogP contribution >= 0.6 is 0 Å². The maximum atomic E-state index is 11.6. The van der Waals surface area contributed by atoms with E-state index < -0.39 is 16.1 Å². The molecule has 1 atom stereocenters. The second-order valence-electron chi connectivity index (χ2n) is 6.24. The Hall–Kier alpha value is -1.93. The average molecular weight is 349 g/mol. The topological polar surface area (TPSA) is 80.1 Å². The normalized spacial score (nSPS) is 16.5. The van der Waals surface area contributed by atoms with E-state index in [4.69, 9.17) is 0 Å². The molecule has 1 aliphatic rings. The van der Waals surface area contributed by atoms with Gasteiger partial charge in [0.25, 0.3) is 0 Å². The van der Waals surface area contributed by atoms with Crippen molar-refractivity contribution >= 4 is 16.0 Å². The van der Waals surface area contributed by atoms with E-state index in [-0.39, 0.29) is 0 Å². The zero-order valence-corrected chi connectivity index (χ0v) is 14.8. The molecule has 1 saturated heterocycles. The molecular formula is C16H23N5O2S. The van der Waals surface area contributed by atoms with Crippen molar-refractivity contribution in [1.29, 1.82) is 0 Å². The minimum atomic E-state index is -3.32. The number of aromatic nitrogens is 3. The monoisotopic (exact) mass is 349 g/mol. The SMILES string of the molecule is C[C@H](NS(C)(=O)=O)c1nnc(N2CCCC2)n1Cc1ccccc1. The van der Waals surface area contributed by atoms with Crippen molar-refractivity contribution in [3.05, 3.63) is 41.7 Å². The van der Waals surface area contributed by atoms with Gasteiger partial charge in [-0.2, -0.15) is 0 Å². The summed E-state index contributed by atoms with van der Waals surface area (Å²) >= 11 is 0. The smallest absolute Gasteiger partial charge is 0.227 e. The van der Waals surface area contributed by atoms with Crippen LogP contribution in [0.1, 0.15) is 37.2 Å². The first kappa shape index (κ1) is 16.9. The summed E-state index contributed by atoms with van der Waals surface area (Å²) in [5, 5.41) is 8.63. The Morgan fingerprint density at radius 2 is 1.83 bits per heavy atom. The summed E-state index contributed by atoms with van der Waals surface area (Å²) in [7, 11) is -3.32. The first-order valence-electron chi connectivity index (χ1n) is 8.13. The molecule has 0 amide bonds. The number of hydrogen-bond donors (Lipinski definition) is 1. The molecule has 0 radical (unpaired) electrons. The molecule has 7 nitrogen and oxygen atoms in total. The van der Waals surface area contributed by atoms with Gasteiger partial charge in [0.1, 0.15) is 0 Å². The van der Waals surface area contributed by atoms with Crippen LogP contribution in [0.25, 0.3) is 0 Å². The summed E-state index contributed by atoms with van der Waals surface area (Å²) in [6.07, 6.45) is 3.44. The fraction of sp³-hybridized carbons (Fsp3) is 0.500. The molecule has 24 heavy (non-hydrogen) atoms. The van der Waals surface area contributed by atoms with Crippen LogP contribution in [0, 0.1) is 0 Å². The molecule has 1 fully saturated rings. The molecular weight excluding hydrogens is 326 g/mol. The number of benzene rings is 1. The highest BCUT2D eigenvalue weighted by atomic mass is 32.2. The molecule has 0 aliphatic carbocycles. The van der Waals surface area contributed by atoms with Crippen LogP contribution in [0.15, 0.2) is 30.3 Å². The largest absolute Gasteiger partial charge is 0.341 e. The van der Waals surface area contributed by atoms with Gasteiger partial charge in [0.15, 0.2) is 5.82 Å². The summed E-state index contributed by atoms with van der Waals surface area (Å²) in [5.74, 6) is 1.44. The first-order chi connectivity index (χ1) is 11.4. The highest BCUT2D eigenvalue weighted by molar-refractivity contribution is 7.88. The van der Waals surface area contributed by atoms with E-state index in [1.807, 2.05) is 34.9 Å². The van der Waals surface area contributed by atoms with Crippen molar-refractivity contribution in [2.45, 2.75) is 32.4 Å². The van der Waals surface area contributed by atoms with E-state index in [0.717, 1.165) is 43.7 Å². The van der Waals surface area contributed by atoms with Gasteiger partial charge in [0, 0.05) is 13.1 Å². The van der Waals surface area contributed by atoms with E-state index >= 15 is 0 Å². The van der Waals surface area contributed by atoms with Gasteiger partial charge in [-0.25, -0.2) is 13.1 Å². The Bertz CT molecular complexity index is 782. The lowest BCUT2D eigenvalue weighted by Gasteiger charge is -2.20. The summed E-state index contributed by atoms with van der Waals surface area (Å²) < 4.78 is 27.8. The Morgan fingerprint density at radius 1 is 1.17 bits per heavy atom. The van der Waals surface area contributed by atoms with Crippen molar-refractivity contribution in [2.75, 3.05) is 24.2 Å². The summed E-state index contributed by atoms with van der Waals surface area (Å²) in [4.78, 5) is 2.21. The zero-order valence-electron chi connectivity index (χ0n) is 14.0. The number of nitrogens with one attached hydrogen (secondary N) is 1. The molecule has 0 bridgehead atoms. The molecule has 1 aliphatic heterocycles. The predicted molar refractivity (Wildman–Crippen MR) is 93.4 cm³/mol. The highest BCUT2D eigenvalue weighted by Crippen LogP contribution is 2.23. The van der Waals surface area contributed by atoms with Gasteiger partial charge in [-0.15, -0.1) is 10.2 Å². The Balaban J connectivity index is 1.95. The number of anilines is 1. The fourth-order valence-corrected chi connectivity index (χ4v) is 3.82. The van der Waals surface area contributed by atoms with Crippen molar-refractivity contribution < 1.29 is 8.42 Å². The molecule has 1 N–H and O–H groups in total. The van der Waals surface area contributed by atoms with Crippen LogP contribution in [0.5, 0.6) is 0 Å². The molecule has 130 valence electrons. The first-order valence-corrected chi connectivity index (χ1v) is 10.0. The van der Waals surface area contributed by atoms with Crippen LogP contribution in [-0.2, 0) is 16.6 Å². The summed E-state index contributed by atoms with van der Waals surface area (Å²) in [5.41, 5.74) is 1.13. The van der Waals surface area contributed by atoms with Gasteiger partial charge in [-0.05, 0) is 25.3 Å². The summed E-state index contributed by atoms with van der Waals surface area (Å²) in [6.45, 7) is 4.33. The lowest BCUT2D eigenvalue weighted by Crippen LogP contribution is -2.29. The molecule has 8 heteroatoms. The second-order valence-corrected chi connectivity index (χ2v) is 8.02. The van der Waals surface area contributed by atoms with Crippen molar-refractivity contribution in [3.63, 3.8) is 0 Å². The fourth-order valence-electron chi connectivity index (χ4n) is 3.07. The molecule has 1 aromatic heterocycles. The number of sulfonamides is 1. The zero-order chi connectivity index (χ0) is 17.2. The molecule has 0 spiro atoms. The van der Waals surface area contributed by atoms with E-state index in [2.05, 4.69) is 19.8 Å². The van der Waals surface area contributed by atoms with Gasteiger partial charge in [-0.1, -0.05) is 30.3 Å². The Labute approximate surface area is 142 Å². The van der Waals surface area contributed by atoms with Gasteiger partial charge in [0.05, 0.1) is 18.8 Å². The Kier molecular flexibility index (Phi) is 4.86. The quantitative estimate of drug-likeness (QED) is 0.856. The number of rotatable bonds is 6. The van der Waals surface area contributed by atoms with Crippen LogP contribution in [0.4, 0.5) is 5.95 Å². The maximum absolute atomic E-state index is 11.6. The molecule has 2 heterocycles. The van der Waals surface area contributed by atoms with E-state index in [1.54, 1.807) is 6.92 Å². The molecule has 0 unspecified atom stereocenters. The van der Waals surface area contributed by atoms with Crippen molar-refractivity contribution in [1.82, 2.24) is 19.5 Å². The van der Waals surface area contributed by atoms with Crippen LogP contribution in [0.3, 0.4) is 0 Å². The maximum Gasteiger partial charge on any atom is 0.227 e. The third-order valence-corrected chi connectivity index (χ3v) is 4.89. The van der Waals surface area contributed by atoms with Gasteiger partial charge < -0.3 is 4.90 Å². The minimum absolute atomic E-state index is 0.437. The predicted octanol–water partition coefficient (Wildman–Crippen LogP) is 1.54. The van der Waals surface area contributed by atoms with E-state index in [0.29, 0.717) is 12.4 Å². The minimum Gasteiger partial charge on any atom is -0.341 e. The second kappa shape index (κ2) is 6.90. The van der Waals surface area contributed by atoms with Crippen molar-refractivity contribution in [3.8, 4) is 0 Å². The van der Waals surface area contributed by atoms with Crippen LogP contribution in [0.2, 0.25) is 0 Å². The molecule has 1 aromatic carbocycles. The molecule has 2 aromatic rings. The van der Waals surface area contributed by atoms with E-state index in [1.165, 1.54) is 0 Å². The van der Waals surface area contributed by atoms with E-state index in [9.17, 15) is 8.42 Å². The van der Waals surface area contributed by atoms with Gasteiger partial charge in [-0.3, -0.25) is 4.57 Å². The van der Waals surface area contributed by atoms with Crippen LogP contribution in [-0.4, -0.2) is 42.5 Å². The summed E-state index contributed by atoms with van der Waals surface area (Å²) in [6, 6.07) is 9.62. The average Bonchev–Trinajstić information content (AvgIpc) is 3.15. The molecule has 0 saturated carbocycles. The number of hydrogen-bond acceptors (Lipinski definition) is 5. The van der Waals surface area contributed by atoms with Crippen LogP contribution < -0.4 is 9.62 Å². The molecule has 3 rings (SSSR count). The van der Waals surface area contributed by atoms with Crippen molar-refractivity contribution in [2.24, 2.45) is 0 Å². The highest BCUT2D eigenvalue weighted by Gasteiger charge is 2.25. The van der Waals surface area contributed by atoms with Gasteiger partial charge in [0.2, 0.25) is 16.0 Å². The lowest BCUT2D eigenvalue weighted by molar-refractivity contribution is 0.553.